The molecule has 0 saturated carbocycles. The van der Waals surface area contributed by atoms with Crippen molar-refractivity contribution in [2.45, 2.75) is 6.42 Å². The van der Waals surface area contributed by atoms with Gasteiger partial charge in [-0.3, -0.25) is 9.59 Å². The van der Waals surface area contributed by atoms with Gasteiger partial charge in [-0.2, -0.15) is 0 Å². The van der Waals surface area contributed by atoms with E-state index in [0.29, 0.717) is 23.4 Å². The standard InChI is InChI=1S/C15H10Br2N2O2/c16-10-3-4-12(11(17)7-10)19-15(21)9-2-1-8-6-14(20)18-13(8)5-9/h1-5,7H,6H2,(H,18,20)(H,19,21). The molecule has 6 heteroatoms. The third-order valence-electron chi connectivity index (χ3n) is 3.18. The summed E-state index contributed by atoms with van der Waals surface area (Å²) in [6, 6.07) is 10.7. The molecule has 1 heterocycles. The van der Waals surface area contributed by atoms with Crippen LogP contribution in [0.3, 0.4) is 0 Å². The average molecular weight is 410 g/mol. The molecule has 0 bridgehead atoms. The number of nitrogens with one attached hydrogen (secondary N) is 2. The van der Waals surface area contributed by atoms with E-state index in [-0.39, 0.29) is 11.8 Å². The largest absolute Gasteiger partial charge is 0.326 e. The van der Waals surface area contributed by atoms with Crippen molar-refractivity contribution in [2.75, 3.05) is 10.6 Å². The second kappa shape index (κ2) is 5.61. The number of carbonyl (C=O) groups excluding carboxylic acids is 2. The van der Waals surface area contributed by atoms with Crippen molar-refractivity contribution in [1.82, 2.24) is 0 Å². The van der Waals surface area contributed by atoms with Gasteiger partial charge in [0.2, 0.25) is 5.91 Å². The monoisotopic (exact) mass is 408 g/mol. The van der Waals surface area contributed by atoms with Crippen LogP contribution in [0.4, 0.5) is 11.4 Å². The minimum absolute atomic E-state index is 0.0433. The Bertz CT molecular complexity index is 759. The number of carbonyl (C=O) groups is 2. The molecule has 0 radical (unpaired) electrons. The summed E-state index contributed by atoms with van der Waals surface area (Å²) in [7, 11) is 0. The molecular formula is C15H10Br2N2O2. The number of halogens is 2. The van der Waals surface area contributed by atoms with Crippen molar-refractivity contribution >= 4 is 55.0 Å². The van der Waals surface area contributed by atoms with E-state index in [4.69, 9.17) is 0 Å². The van der Waals surface area contributed by atoms with E-state index in [1.165, 1.54) is 0 Å². The fourth-order valence-electron chi connectivity index (χ4n) is 2.14. The SMILES string of the molecule is O=C1Cc2ccc(C(=O)Nc3ccc(Br)cc3Br)cc2N1. The molecule has 4 nitrogen and oxygen atoms in total. The molecule has 1 aliphatic heterocycles. The molecule has 1 aliphatic rings. The minimum atomic E-state index is -0.220. The first kappa shape index (κ1) is 14.3. The Morgan fingerprint density at radius 2 is 1.95 bits per heavy atom. The molecule has 0 spiro atoms. The third kappa shape index (κ3) is 3.01. The lowest BCUT2D eigenvalue weighted by molar-refractivity contribution is -0.115. The van der Waals surface area contributed by atoms with Crippen LogP contribution in [0.2, 0.25) is 0 Å². The molecule has 0 unspecified atom stereocenters. The van der Waals surface area contributed by atoms with Crippen molar-refractivity contribution in [1.29, 1.82) is 0 Å². The van der Waals surface area contributed by atoms with Gasteiger partial charge in [-0.05, 0) is 51.8 Å². The third-order valence-corrected chi connectivity index (χ3v) is 4.33. The predicted molar refractivity (Wildman–Crippen MR) is 88.6 cm³/mol. The number of fused-ring (bicyclic) bond motifs is 1. The van der Waals surface area contributed by atoms with E-state index < -0.39 is 0 Å². The Morgan fingerprint density at radius 3 is 2.71 bits per heavy atom. The summed E-state index contributed by atoms with van der Waals surface area (Å²) in [5.74, 6) is -0.264. The smallest absolute Gasteiger partial charge is 0.255 e. The van der Waals surface area contributed by atoms with Gasteiger partial charge in [0.25, 0.3) is 5.91 Å². The van der Waals surface area contributed by atoms with Crippen LogP contribution in [-0.4, -0.2) is 11.8 Å². The van der Waals surface area contributed by atoms with E-state index in [1.54, 1.807) is 24.3 Å². The summed E-state index contributed by atoms with van der Waals surface area (Å²) in [4.78, 5) is 23.6. The molecule has 2 amide bonds. The summed E-state index contributed by atoms with van der Waals surface area (Å²) < 4.78 is 1.72. The van der Waals surface area contributed by atoms with Crippen molar-refractivity contribution < 1.29 is 9.59 Å². The van der Waals surface area contributed by atoms with Crippen molar-refractivity contribution in [2.24, 2.45) is 0 Å². The highest BCUT2D eigenvalue weighted by Crippen LogP contribution is 2.28. The molecule has 0 atom stereocenters. The lowest BCUT2D eigenvalue weighted by atomic mass is 10.1. The Kier molecular flexibility index (Phi) is 3.82. The van der Waals surface area contributed by atoms with Crippen LogP contribution in [0.25, 0.3) is 0 Å². The van der Waals surface area contributed by atoms with Gasteiger partial charge < -0.3 is 10.6 Å². The number of hydrogen-bond acceptors (Lipinski definition) is 2. The molecule has 2 aromatic carbocycles. The fraction of sp³-hybridized carbons (Fsp3) is 0.0667. The van der Waals surface area contributed by atoms with E-state index in [1.807, 2.05) is 12.1 Å². The average Bonchev–Trinajstić information content (AvgIpc) is 2.80. The normalized spacial score (nSPS) is 12.8. The molecule has 2 aromatic rings. The number of hydrogen-bond donors (Lipinski definition) is 2. The van der Waals surface area contributed by atoms with Gasteiger partial charge in [0.1, 0.15) is 0 Å². The van der Waals surface area contributed by atoms with Gasteiger partial charge in [-0.25, -0.2) is 0 Å². The number of rotatable bonds is 2. The topological polar surface area (TPSA) is 58.2 Å². The molecule has 21 heavy (non-hydrogen) atoms. The number of amides is 2. The highest BCUT2D eigenvalue weighted by molar-refractivity contribution is 9.11. The predicted octanol–water partition coefficient (Wildman–Crippen LogP) is 3.96. The van der Waals surface area contributed by atoms with Crippen LogP contribution < -0.4 is 10.6 Å². The maximum absolute atomic E-state index is 12.3. The van der Waals surface area contributed by atoms with Gasteiger partial charge in [0, 0.05) is 20.2 Å². The van der Waals surface area contributed by atoms with Crippen LogP contribution in [0.5, 0.6) is 0 Å². The molecule has 0 aromatic heterocycles. The molecule has 0 saturated heterocycles. The van der Waals surface area contributed by atoms with Gasteiger partial charge in [0.05, 0.1) is 12.1 Å². The Balaban J connectivity index is 1.83. The highest BCUT2D eigenvalue weighted by Gasteiger charge is 2.19. The molecule has 106 valence electrons. The van der Waals surface area contributed by atoms with E-state index in [2.05, 4.69) is 42.5 Å². The van der Waals surface area contributed by atoms with Crippen LogP contribution >= 0.6 is 31.9 Å². The Morgan fingerprint density at radius 1 is 1.14 bits per heavy atom. The lowest BCUT2D eigenvalue weighted by Gasteiger charge is -2.09. The molecule has 3 rings (SSSR count). The van der Waals surface area contributed by atoms with E-state index >= 15 is 0 Å². The Labute approximate surface area is 138 Å². The fourth-order valence-corrected chi connectivity index (χ4v) is 3.29. The van der Waals surface area contributed by atoms with Crippen molar-refractivity contribution in [3.05, 3.63) is 56.5 Å². The Hall–Kier alpha value is -1.66. The van der Waals surface area contributed by atoms with E-state index in [9.17, 15) is 9.59 Å². The van der Waals surface area contributed by atoms with Gasteiger partial charge in [-0.1, -0.05) is 22.0 Å². The quantitative estimate of drug-likeness (QED) is 0.788. The first-order valence-corrected chi connectivity index (χ1v) is 7.81. The second-order valence-electron chi connectivity index (χ2n) is 4.68. The molecule has 0 aliphatic carbocycles. The summed E-state index contributed by atoms with van der Waals surface area (Å²) in [5.41, 5.74) is 2.82. The van der Waals surface area contributed by atoms with Crippen LogP contribution in [0.15, 0.2) is 45.3 Å². The molecular weight excluding hydrogens is 400 g/mol. The molecule has 0 fully saturated rings. The first-order valence-electron chi connectivity index (χ1n) is 6.22. The zero-order chi connectivity index (χ0) is 15.0. The summed E-state index contributed by atoms with van der Waals surface area (Å²) >= 11 is 6.77. The maximum Gasteiger partial charge on any atom is 0.255 e. The van der Waals surface area contributed by atoms with Gasteiger partial charge in [-0.15, -0.1) is 0 Å². The van der Waals surface area contributed by atoms with Crippen LogP contribution in [-0.2, 0) is 11.2 Å². The van der Waals surface area contributed by atoms with Crippen molar-refractivity contribution in [3.63, 3.8) is 0 Å². The van der Waals surface area contributed by atoms with Crippen LogP contribution in [0, 0.1) is 0 Å². The van der Waals surface area contributed by atoms with Gasteiger partial charge >= 0.3 is 0 Å². The van der Waals surface area contributed by atoms with Gasteiger partial charge in [0.15, 0.2) is 0 Å². The second-order valence-corrected chi connectivity index (χ2v) is 6.45. The zero-order valence-electron chi connectivity index (χ0n) is 10.7. The van der Waals surface area contributed by atoms with Crippen LogP contribution in [0.1, 0.15) is 15.9 Å². The number of benzene rings is 2. The van der Waals surface area contributed by atoms with E-state index in [0.717, 1.165) is 14.5 Å². The summed E-state index contributed by atoms with van der Waals surface area (Å²) in [5, 5.41) is 5.58. The van der Waals surface area contributed by atoms with Crippen molar-refractivity contribution in [3.8, 4) is 0 Å². The summed E-state index contributed by atoms with van der Waals surface area (Å²) in [6.45, 7) is 0. The summed E-state index contributed by atoms with van der Waals surface area (Å²) in [6.07, 6.45) is 0.371. The maximum atomic E-state index is 12.3. The lowest BCUT2D eigenvalue weighted by Crippen LogP contribution is -2.12. The first-order chi connectivity index (χ1) is 10.0. The zero-order valence-corrected chi connectivity index (χ0v) is 13.9. The minimum Gasteiger partial charge on any atom is -0.326 e. The number of anilines is 2. The molecule has 2 N–H and O–H groups in total. The highest BCUT2D eigenvalue weighted by atomic mass is 79.9.